The third kappa shape index (κ3) is 4.33. The van der Waals surface area contributed by atoms with Crippen molar-refractivity contribution in [3.05, 3.63) is 57.4 Å². The Hall–Kier alpha value is -2.71. The average molecular weight is 430 g/mol. The van der Waals surface area contributed by atoms with Crippen LogP contribution in [-0.4, -0.2) is 32.5 Å². The number of pyridine rings is 1. The Morgan fingerprint density at radius 1 is 1.14 bits per heavy atom. The van der Waals surface area contributed by atoms with Crippen LogP contribution in [0.2, 0.25) is 5.02 Å². The number of nitrogens with zero attached hydrogens (tertiary/aromatic N) is 2. The molecule has 9 heteroatoms. The number of hydrogen-bond donors (Lipinski definition) is 3. The smallest absolute Gasteiger partial charge is 0.257 e. The van der Waals surface area contributed by atoms with Crippen molar-refractivity contribution in [2.45, 2.75) is 38.1 Å². The minimum atomic E-state index is -0.323. The summed E-state index contributed by atoms with van der Waals surface area (Å²) in [6, 6.07) is 8.42. The Kier molecular flexibility index (Phi) is 5.64. The van der Waals surface area contributed by atoms with Crippen molar-refractivity contribution in [2.24, 2.45) is 0 Å². The molecule has 1 aliphatic rings. The topological polar surface area (TPSA) is 91.3 Å². The quantitative estimate of drug-likeness (QED) is 0.537. The molecule has 1 saturated carbocycles. The zero-order valence-corrected chi connectivity index (χ0v) is 17.1. The summed E-state index contributed by atoms with van der Waals surface area (Å²) >= 11 is 11.4. The van der Waals surface area contributed by atoms with Crippen LogP contribution in [0.25, 0.3) is 5.65 Å². The predicted octanol–water partition coefficient (Wildman–Crippen LogP) is 4.36. The van der Waals surface area contributed by atoms with E-state index >= 15 is 0 Å². The van der Waals surface area contributed by atoms with Gasteiger partial charge in [0.05, 0.1) is 16.1 Å². The normalized spacial score (nSPS) is 14.7. The van der Waals surface area contributed by atoms with Gasteiger partial charge >= 0.3 is 0 Å². The number of hydrogen-bond acceptors (Lipinski definition) is 4. The molecule has 2 heterocycles. The molecule has 0 saturated heterocycles. The van der Waals surface area contributed by atoms with E-state index in [1.54, 1.807) is 40.9 Å². The van der Waals surface area contributed by atoms with E-state index in [2.05, 4.69) is 20.8 Å². The van der Waals surface area contributed by atoms with E-state index < -0.39 is 0 Å². The lowest BCUT2D eigenvalue weighted by molar-refractivity contribution is 0.0926. The number of halogens is 1. The van der Waals surface area contributed by atoms with Gasteiger partial charge < -0.3 is 10.6 Å². The minimum Gasteiger partial charge on any atom is -0.349 e. The van der Waals surface area contributed by atoms with Crippen LogP contribution in [-0.2, 0) is 0 Å². The molecule has 0 unspecified atom stereocenters. The molecule has 2 amide bonds. The first-order valence-corrected chi connectivity index (χ1v) is 10.3. The fourth-order valence-electron chi connectivity index (χ4n) is 3.53. The number of carbonyl (C=O) groups excluding carboxylic acids is 2. The van der Waals surface area contributed by atoms with Gasteiger partial charge in [-0.05, 0) is 55.4 Å². The Labute approximate surface area is 177 Å². The third-order valence-electron chi connectivity index (χ3n) is 5.08. The summed E-state index contributed by atoms with van der Waals surface area (Å²) in [5.74, 6) is -0.542. The van der Waals surface area contributed by atoms with E-state index in [9.17, 15) is 9.59 Å². The Balaban J connectivity index is 1.51. The largest absolute Gasteiger partial charge is 0.349 e. The maximum atomic E-state index is 12.7. The van der Waals surface area contributed by atoms with Crippen LogP contribution in [0.4, 0.5) is 5.69 Å². The second-order valence-electron chi connectivity index (χ2n) is 7.13. The SMILES string of the molecule is O=C(Nc1ccc(Cl)c(C(=O)NC2CCCCC2)c1)c1ccc2n[nH]c(=S)n2c1. The molecule has 4 rings (SSSR count). The van der Waals surface area contributed by atoms with Crippen LogP contribution in [0, 0.1) is 4.77 Å². The number of aromatic amines is 1. The molecule has 2 aromatic heterocycles. The summed E-state index contributed by atoms with van der Waals surface area (Å²) < 4.78 is 2.03. The summed E-state index contributed by atoms with van der Waals surface area (Å²) in [4.78, 5) is 25.3. The summed E-state index contributed by atoms with van der Waals surface area (Å²) in [5, 5.41) is 12.9. The monoisotopic (exact) mass is 429 g/mol. The van der Waals surface area contributed by atoms with Crippen LogP contribution in [0.3, 0.4) is 0 Å². The number of anilines is 1. The number of amides is 2. The molecule has 1 fully saturated rings. The first-order chi connectivity index (χ1) is 14.0. The molecule has 0 aliphatic heterocycles. The maximum Gasteiger partial charge on any atom is 0.257 e. The second kappa shape index (κ2) is 8.34. The van der Waals surface area contributed by atoms with E-state index in [1.807, 2.05) is 0 Å². The fraction of sp³-hybridized carbons (Fsp3) is 0.300. The molecule has 1 aromatic carbocycles. The molecule has 0 bridgehead atoms. The molecule has 0 spiro atoms. The van der Waals surface area contributed by atoms with Crippen molar-refractivity contribution < 1.29 is 9.59 Å². The van der Waals surface area contributed by atoms with Crippen LogP contribution in [0.1, 0.15) is 52.8 Å². The van der Waals surface area contributed by atoms with Crippen molar-refractivity contribution in [2.75, 3.05) is 5.32 Å². The first-order valence-electron chi connectivity index (χ1n) is 9.50. The van der Waals surface area contributed by atoms with Gasteiger partial charge in [0.25, 0.3) is 11.8 Å². The van der Waals surface area contributed by atoms with E-state index in [-0.39, 0.29) is 17.9 Å². The highest BCUT2D eigenvalue weighted by molar-refractivity contribution is 7.71. The molecule has 0 radical (unpaired) electrons. The van der Waals surface area contributed by atoms with Crippen LogP contribution < -0.4 is 10.6 Å². The molecule has 1 aliphatic carbocycles. The Morgan fingerprint density at radius 2 is 1.93 bits per heavy atom. The van der Waals surface area contributed by atoms with Crippen LogP contribution >= 0.6 is 23.8 Å². The molecule has 0 atom stereocenters. The lowest BCUT2D eigenvalue weighted by Gasteiger charge is -2.23. The van der Waals surface area contributed by atoms with Crippen molar-refractivity contribution in [1.29, 1.82) is 0 Å². The Morgan fingerprint density at radius 3 is 2.72 bits per heavy atom. The molecule has 150 valence electrons. The van der Waals surface area contributed by atoms with Gasteiger partial charge in [-0.3, -0.25) is 19.1 Å². The molecule has 3 aromatic rings. The van der Waals surface area contributed by atoms with Crippen molar-refractivity contribution in [1.82, 2.24) is 19.9 Å². The van der Waals surface area contributed by atoms with Gasteiger partial charge in [0, 0.05) is 17.9 Å². The highest BCUT2D eigenvalue weighted by Gasteiger charge is 2.19. The van der Waals surface area contributed by atoms with Crippen molar-refractivity contribution >= 4 is 47.0 Å². The van der Waals surface area contributed by atoms with Crippen LogP contribution in [0.5, 0.6) is 0 Å². The third-order valence-corrected chi connectivity index (χ3v) is 5.70. The molecule has 3 N–H and O–H groups in total. The zero-order chi connectivity index (χ0) is 20.4. The molecular formula is C20H20ClN5O2S. The van der Waals surface area contributed by atoms with Gasteiger partial charge in [-0.1, -0.05) is 30.9 Å². The number of carbonyl (C=O) groups is 2. The second-order valence-corrected chi connectivity index (χ2v) is 7.93. The number of fused-ring (bicyclic) bond motifs is 1. The van der Waals surface area contributed by atoms with Gasteiger partial charge in [0.15, 0.2) is 10.4 Å². The first kappa shape index (κ1) is 19.6. The highest BCUT2D eigenvalue weighted by atomic mass is 35.5. The molecule has 7 nitrogen and oxygen atoms in total. The van der Waals surface area contributed by atoms with Crippen molar-refractivity contribution in [3.8, 4) is 0 Å². The zero-order valence-electron chi connectivity index (χ0n) is 15.6. The minimum absolute atomic E-state index is 0.178. The fourth-order valence-corrected chi connectivity index (χ4v) is 3.93. The predicted molar refractivity (Wildman–Crippen MR) is 114 cm³/mol. The van der Waals surface area contributed by atoms with E-state index in [0.29, 0.717) is 32.3 Å². The molecule has 29 heavy (non-hydrogen) atoms. The van der Waals surface area contributed by atoms with E-state index in [4.69, 9.17) is 23.8 Å². The number of aromatic nitrogens is 3. The summed E-state index contributed by atoms with van der Waals surface area (Å²) in [6.07, 6.45) is 7.05. The average Bonchev–Trinajstić information content (AvgIpc) is 3.10. The summed E-state index contributed by atoms with van der Waals surface area (Å²) in [7, 11) is 0. The lowest BCUT2D eigenvalue weighted by Crippen LogP contribution is -2.36. The van der Waals surface area contributed by atoms with Gasteiger partial charge in [0.2, 0.25) is 0 Å². The van der Waals surface area contributed by atoms with E-state index in [0.717, 1.165) is 25.7 Å². The highest BCUT2D eigenvalue weighted by Crippen LogP contribution is 2.23. The number of H-pyrrole nitrogens is 1. The number of rotatable bonds is 4. The summed E-state index contributed by atoms with van der Waals surface area (Å²) in [6.45, 7) is 0. The maximum absolute atomic E-state index is 12.7. The molecular weight excluding hydrogens is 410 g/mol. The summed E-state index contributed by atoms with van der Waals surface area (Å²) in [5.41, 5.74) is 1.88. The van der Waals surface area contributed by atoms with Crippen LogP contribution in [0.15, 0.2) is 36.5 Å². The van der Waals surface area contributed by atoms with Gasteiger partial charge in [0.1, 0.15) is 0 Å². The van der Waals surface area contributed by atoms with E-state index in [1.165, 1.54) is 6.42 Å². The number of nitrogens with one attached hydrogen (secondary N) is 3. The Bertz CT molecular complexity index is 1130. The van der Waals surface area contributed by atoms with Gasteiger partial charge in [-0.25, -0.2) is 0 Å². The van der Waals surface area contributed by atoms with Gasteiger partial charge in [-0.15, -0.1) is 0 Å². The standard InChI is InChI=1S/C20H20ClN5O2S/c21-16-8-7-14(10-15(16)19(28)22-13-4-2-1-3-5-13)23-18(27)12-6-9-17-24-25-20(29)26(17)11-12/h6-11,13H,1-5H2,(H,22,28)(H,23,27)(H,25,29). The van der Waals surface area contributed by atoms with Gasteiger partial charge in [-0.2, -0.15) is 5.10 Å². The number of benzene rings is 1. The lowest BCUT2D eigenvalue weighted by atomic mass is 9.95. The van der Waals surface area contributed by atoms with Crippen molar-refractivity contribution in [3.63, 3.8) is 0 Å².